The minimum Gasteiger partial charge on any atom is -0.454 e. The van der Waals surface area contributed by atoms with E-state index in [1.807, 2.05) is 18.2 Å². The number of fused-ring (bicyclic) bond motifs is 1. The van der Waals surface area contributed by atoms with Crippen LogP contribution >= 0.6 is 12.4 Å². The highest BCUT2D eigenvalue weighted by Gasteiger charge is 2.20. The number of piperidine rings is 1. The molecule has 3 rings (SSSR count). The fourth-order valence-corrected chi connectivity index (χ4v) is 2.44. The van der Waals surface area contributed by atoms with Crippen LogP contribution in [-0.4, -0.2) is 25.3 Å². The molecule has 0 saturated carbocycles. The molecule has 2 heterocycles. The summed E-state index contributed by atoms with van der Waals surface area (Å²) >= 11 is 0. The summed E-state index contributed by atoms with van der Waals surface area (Å²) in [6.07, 6.45) is 3.20. The molecule has 2 aliphatic heterocycles. The molecule has 1 fully saturated rings. The van der Waals surface area contributed by atoms with Gasteiger partial charge in [-0.05, 0) is 37.1 Å². The first-order valence-electron chi connectivity index (χ1n) is 6.72. The summed E-state index contributed by atoms with van der Waals surface area (Å²) in [6, 6.07) is 5.70. The van der Waals surface area contributed by atoms with Crippen LogP contribution in [0.5, 0.6) is 11.5 Å². The molecule has 1 amide bonds. The van der Waals surface area contributed by atoms with Gasteiger partial charge in [0.25, 0.3) is 0 Å². The quantitative estimate of drug-likeness (QED) is 0.890. The normalized spacial score (nSPS) is 20.1. The molecule has 0 bridgehead atoms. The molecule has 0 aliphatic carbocycles. The number of rotatable bonds is 3. The fourth-order valence-electron chi connectivity index (χ4n) is 2.44. The maximum Gasteiger partial charge on any atom is 0.237 e. The Morgan fingerprint density at radius 2 is 2.15 bits per heavy atom. The second kappa shape index (κ2) is 6.81. The van der Waals surface area contributed by atoms with Gasteiger partial charge in [-0.15, -0.1) is 12.4 Å². The lowest BCUT2D eigenvalue weighted by Gasteiger charge is -2.22. The average Bonchev–Trinajstić information content (AvgIpc) is 2.93. The SMILES string of the molecule is Cl.O=C(NCc1ccc2c(c1)OCO2)[C@@H]1CCCCN1. The molecule has 0 unspecified atom stereocenters. The first kappa shape index (κ1) is 14.9. The summed E-state index contributed by atoms with van der Waals surface area (Å²) in [5.41, 5.74) is 1.02. The van der Waals surface area contributed by atoms with Crippen molar-refractivity contribution in [2.75, 3.05) is 13.3 Å². The number of benzene rings is 1. The van der Waals surface area contributed by atoms with Crippen LogP contribution in [0.4, 0.5) is 0 Å². The predicted molar refractivity (Wildman–Crippen MR) is 77.3 cm³/mol. The molecule has 2 aliphatic rings. The number of halogens is 1. The molecule has 110 valence electrons. The van der Waals surface area contributed by atoms with E-state index in [9.17, 15) is 4.79 Å². The van der Waals surface area contributed by atoms with E-state index in [1.54, 1.807) is 0 Å². The monoisotopic (exact) mass is 298 g/mol. The van der Waals surface area contributed by atoms with Gasteiger partial charge in [0.15, 0.2) is 11.5 Å². The third kappa shape index (κ3) is 3.35. The standard InChI is InChI=1S/C14H18N2O3.ClH/c17-14(11-3-1-2-6-15-11)16-8-10-4-5-12-13(7-10)19-9-18-12;/h4-5,7,11,15H,1-3,6,8-9H2,(H,16,17);1H/t11-;/m0./s1. The van der Waals surface area contributed by atoms with Gasteiger partial charge in [-0.1, -0.05) is 12.5 Å². The van der Waals surface area contributed by atoms with E-state index in [1.165, 1.54) is 0 Å². The lowest BCUT2D eigenvalue weighted by Crippen LogP contribution is -2.46. The van der Waals surface area contributed by atoms with Crippen molar-refractivity contribution < 1.29 is 14.3 Å². The van der Waals surface area contributed by atoms with Crippen LogP contribution in [0.3, 0.4) is 0 Å². The minimum absolute atomic E-state index is 0. The van der Waals surface area contributed by atoms with Gasteiger partial charge in [-0.3, -0.25) is 4.79 Å². The van der Waals surface area contributed by atoms with Gasteiger partial charge in [0.05, 0.1) is 6.04 Å². The third-order valence-electron chi connectivity index (χ3n) is 3.53. The van der Waals surface area contributed by atoms with Crippen LogP contribution < -0.4 is 20.1 Å². The summed E-state index contributed by atoms with van der Waals surface area (Å²) in [7, 11) is 0. The van der Waals surface area contributed by atoms with Crippen LogP contribution in [0.1, 0.15) is 24.8 Å². The van der Waals surface area contributed by atoms with Gasteiger partial charge in [0.2, 0.25) is 12.7 Å². The Bertz CT molecular complexity index is 475. The van der Waals surface area contributed by atoms with Gasteiger partial charge < -0.3 is 20.1 Å². The Hall–Kier alpha value is -1.46. The van der Waals surface area contributed by atoms with Crippen molar-refractivity contribution in [1.82, 2.24) is 10.6 Å². The van der Waals surface area contributed by atoms with Gasteiger partial charge in [-0.25, -0.2) is 0 Å². The second-order valence-electron chi connectivity index (χ2n) is 4.91. The van der Waals surface area contributed by atoms with E-state index in [4.69, 9.17) is 9.47 Å². The van der Waals surface area contributed by atoms with E-state index in [0.717, 1.165) is 42.9 Å². The first-order valence-corrected chi connectivity index (χ1v) is 6.72. The second-order valence-corrected chi connectivity index (χ2v) is 4.91. The zero-order valence-corrected chi connectivity index (χ0v) is 12.0. The molecule has 0 aromatic heterocycles. The number of hydrogen-bond acceptors (Lipinski definition) is 4. The van der Waals surface area contributed by atoms with Crippen LogP contribution in [0.2, 0.25) is 0 Å². The average molecular weight is 299 g/mol. The van der Waals surface area contributed by atoms with Crippen molar-refractivity contribution in [3.8, 4) is 11.5 Å². The maximum absolute atomic E-state index is 12.0. The van der Waals surface area contributed by atoms with E-state index in [-0.39, 0.29) is 31.1 Å². The van der Waals surface area contributed by atoms with E-state index < -0.39 is 0 Å². The van der Waals surface area contributed by atoms with Gasteiger partial charge >= 0.3 is 0 Å². The molecular formula is C14H19ClN2O3. The Morgan fingerprint density at radius 1 is 1.30 bits per heavy atom. The van der Waals surface area contributed by atoms with Crippen LogP contribution in [0, 0.1) is 0 Å². The van der Waals surface area contributed by atoms with Crippen molar-refractivity contribution in [1.29, 1.82) is 0 Å². The molecular weight excluding hydrogens is 280 g/mol. The molecule has 5 nitrogen and oxygen atoms in total. The van der Waals surface area contributed by atoms with Gasteiger partial charge in [0, 0.05) is 6.54 Å². The maximum atomic E-state index is 12.0. The number of carbonyl (C=O) groups is 1. The lowest BCUT2D eigenvalue weighted by atomic mass is 10.0. The highest BCUT2D eigenvalue weighted by molar-refractivity contribution is 5.85. The number of carbonyl (C=O) groups excluding carboxylic acids is 1. The summed E-state index contributed by atoms with van der Waals surface area (Å²) in [5.74, 6) is 1.60. The number of ether oxygens (including phenoxy) is 2. The molecule has 0 radical (unpaired) electrons. The molecule has 1 saturated heterocycles. The molecule has 0 spiro atoms. The minimum atomic E-state index is -0.0391. The Labute approximate surface area is 124 Å². The van der Waals surface area contributed by atoms with Crippen molar-refractivity contribution in [3.05, 3.63) is 23.8 Å². The van der Waals surface area contributed by atoms with Crippen molar-refractivity contribution in [2.24, 2.45) is 0 Å². The molecule has 1 aromatic rings. The zero-order valence-electron chi connectivity index (χ0n) is 11.2. The van der Waals surface area contributed by atoms with Crippen molar-refractivity contribution in [2.45, 2.75) is 31.8 Å². The number of hydrogen-bond donors (Lipinski definition) is 2. The van der Waals surface area contributed by atoms with Crippen molar-refractivity contribution >= 4 is 18.3 Å². The summed E-state index contributed by atoms with van der Waals surface area (Å²) in [5, 5.41) is 6.20. The zero-order chi connectivity index (χ0) is 13.1. The lowest BCUT2D eigenvalue weighted by molar-refractivity contribution is -0.123. The van der Waals surface area contributed by atoms with E-state index >= 15 is 0 Å². The van der Waals surface area contributed by atoms with Gasteiger partial charge in [0.1, 0.15) is 0 Å². The third-order valence-corrected chi connectivity index (χ3v) is 3.53. The van der Waals surface area contributed by atoms with Crippen LogP contribution in [-0.2, 0) is 11.3 Å². The van der Waals surface area contributed by atoms with Crippen LogP contribution in [0.15, 0.2) is 18.2 Å². The highest BCUT2D eigenvalue weighted by atomic mass is 35.5. The van der Waals surface area contributed by atoms with E-state index in [0.29, 0.717) is 6.54 Å². The number of amides is 1. The summed E-state index contributed by atoms with van der Waals surface area (Å²) in [6.45, 7) is 1.73. The van der Waals surface area contributed by atoms with E-state index in [2.05, 4.69) is 10.6 Å². The summed E-state index contributed by atoms with van der Waals surface area (Å²) in [4.78, 5) is 12.0. The summed E-state index contributed by atoms with van der Waals surface area (Å²) < 4.78 is 10.6. The predicted octanol–water partition coefficient (Wildman–Crippen LogP) is 1.60. The smallest absolute Gasteiger partial charge is 0.237 e. The molecule has 20 heavy (non-hydrogen) atoms. The molecule has 1 aromatic carbocycles. The topological polar surface area (TPSA) is 59.6 Å². The first-order chi connectivity index (χ1) is 9.33. The molecule has 6 heteroatoms. The highest BCUT2D eigenvalue weighted by Crippen LogP contribution is 2.32. The molecule has 1 atom stereocenters. The Kier molecular flexibility index (Phi) is 5.09. The van der Waals surface area contributed by atoms with Gasteiger partial charge in [-0.2, -0.15) is 0 Å². The van der Waals surface area contributed by atoms with Crippen molar-refractivity contribution in [3.63, 3.8) is 0 Å². The number of nitrogens with one attached hydrogen (secondary N) is 2. The largest absolute Gasteiger partial charge is 0.454 e. The fraction of sp³-hybridized carbons (Fsp3) is 0.500. The van der Waals surface area contributed by atoms with Crippen LogP contribution in [0.25, 0.3) is 0 Å². The Morgan fingerprint density at radius 3 is 2.95 bits per heavy atom. The molecule has 2 N–H and O–H groups in total. The Balaban J connectivity index is 0.00000147.